The van der Waals surface area contributed by atoms with Crippen molar-refractivity contribution in [1.29, 1.82) is 0 Å². The quantitative estimate of drug-likeness (QED) is 0.795. The molecular formula is C10H12BrN3O. The molecule has 0 aliphatic carbocycles. The lowest BCUT2D eigenvalue weighted by Gasteiger charge is -2.17. The number of hydrogen-bond acceptors (Lipinski definition) is 2. The van der Waals surface area contributed by atoms with Crippen LogP contribution in [-0.2, 0) is 0 Å². The largest absolute Gasteiger partial charge is 0.331 e. The fourth-order valence-electron chi connectivity index (χ4n) is 1.60. The van der Waals surface area contributed by atoms with Gasteiger partial charge in [-0.2, -0.15) is 0 Å². The molecule has 4 nitrogen and oxygen atoms in total. The lowest BCUT2D eigenvalue weighted by atomic mass is 10.1. The molecule has 0 spiro atoms. The van der Waals surface area contributed by atoms with E-state index < -0.39 is 0 Å². The van der Waals surface area contributed by atoms with Gasteiger partial charge in [0.05, 0.1) is 24.0 Å². The molecule has 1 aliphatic heterocycles. The third kappa shape index (κ3) is 2.12. The second-order valence-corrected chi connectivity index (χ2v) is 5.05. The highest BCUT2D eigenvalue weighted by molar-refractivity contribution is 9.10. The molecule has 2 amide bonds. The Hall–Kier alpha value is -1.10. The number of anilines is 1. The van der Waals surface area contributed by atoms with E-state index in [4.69, 9.17) is 0 Å². The van der Waals surface area contributed by atoms with Gasteiger partial charge in [-0.15, -0.1) is 0 Å². The van der Waals surface area contributed by atoms with E-state index >= 15 is 0 Å². The first-order chi connectivity index (χ1) is 6.98. The van der Waals surface area contributed by atoms with Crippen molar-refractivity contribution in [3.05, 3.63) is 22.9 Å². The zero-order chi connectivity index (χ0) is 11.1. The third-order valence-corrected chi connectivity index (χ3v) is 2.74. The van der Waals surface area contributed by atoms with Gasteiger partial charge in [0.2, 0.25) is 0 Å². The summed E-state index contributed by atoms with van der Waals surface area (Å²) >= 11 is 3.26. The van der Waals surface area contributed by atoms with Crippen LogP contribution in [0, 0.1) is 0 Å². The fraction of sp³-hybridized carbons (Fsp3) is 0.400. The molecule has 5 heteroatoms. The van der Waals surface area contributed by atoms with Crippen molar-refractivity contribution < 1.29 is 4.79 Å². The van der Waals surface area contributed by atoms with Crippen LogP contribution in [0.2, 0.25) is 0 Å². The molecule has 0 bridgehead atoms. The van der Waals surface area contributed by atoms with Crippen molar-refractivity contribution in [2.75, 3.05) is 11.4 Å². The van der Waals surface area contributed by atoms with Crippen LogP contribution in [-0.4, -0.2) is 23.1 Å². The summed E-state index contributed by atoms with van der Waals surface area (Å²) in [7, 11) is 0. The standard InChI is InChI=1S/C10H12BrN3O/c1-10(2)6-14(9(15)13-10)7-3-4-8(11)12-5-7/h3-5H,6H2,1-2H3,(H,13,15). The number of rotatable bonds is 1. The van der Waals surface area contributed by atoms with Gasteiger partial charge in [-0.1, -0.05) is 0 Å². The molecule has 2 heterocycles. The number of halogens is 1. The minimum Gasteiger partial charge on any atom is -0.331 e. The Morgan fingerprint density at radius 2 is 2.27 bits per heavy atom. The lowest BCUT2D eigenvalue weighted by molar-refractivity contribution is 0.248. The summed E-state index contributed by atoms with van der Waals surface area (Å²) in [5.41, 5.74) is 0.644. The van der Waals surface area contributed by atoms with E-state index in [9.17, 15) is 4.79 Å². The predicted molar refractivity (Wildman–Crippen MR) is 61.9 cm³/mol. The van der Waals surface area contributed by atoms with Crippen molar-refractivity contribution in [3.63, 3.8) is 0 Å². The summed E-state index contributed by atoms with van der Waals surface area (Å²) < 4.78 is 0.769. The molecule has 0 saturated carbocycles. The van der Waals surface area contributed by atoms with E-state index in [2.05, 4.69) is 26.2 Å². The molecule has 1 aromatic rings. The predicted octanol–water partition coefficient (Wildman–Crippen LogP) is 2.15. The monoisotopic (exact) mass is 269 g/mol. The average Bonchev–Trinajstić information content (AvgIpc) is 2.41. The first-order valence-electron chi connectivity index (χ1n) is 4.69. The number of amides is 2. The Kier molecular flexibility index (Phi) is 2.42. The summed E-state index contributed by atoms with van der Waals surface area (Å²) in [6, 6.07) is 3.63. The number of carbonyl (C=O) groups is 1. The molecule has 0 atom stereocenters. The Balaban J connectivity index is 2.25. The summed E-state index contributed by atoms with van der Waals surface area (Å²) in [5, 5.41) is 2.90. The van der Waals surface area contributed by atoms with Crippen molar-refractivity contribution in [2.24, 2.45) is 0 Å². The van der Waals surface area contributed by atoms with Crippen LogP contribution in [0.4, 0.5) is 10.5 Å². The van der Waals surface area contributed by atoms with Crippen LogP contribution in [0.25, 0.3) is 0 Å². The van der Waals surface area contributed by atoms with Gasteiger partial charge in [-0.3, -0.25) is 4.90 Å². The third-order valence-electron chi connectivity index (χ3n) is 2.27. The first kappa shape index (κ1) is 10.4. The molecule has 15 heavy (non-hydrogen) atoms. The average molecular weight is 270 g/mol. The Morgan fingerprint density at radius 1 is 1.53 bits per heavy atom. The van der Waals surface area contributed by atoms with E-state index in [0.29, 0.717) is 6.54 Å². The maximum atomic E-state index is 11.7. The molecule has 0 radical (unpaired) electrons. The van der Waals surface area contributed by atoms with Crippen molar-refractivity contribution in [3.8, 4) is 0 Å². The summed E-state index contributed by atoms with van der Waals surface area (Å²) in [6.07, 6.45) is 1.69. The van der Waals surface area contributed by atoms with E-state index in [-0.39, 0.29) is 11.6 Å². The first-order valence-corrected chi connectivity index (χ1v) is 5.48. The molecular weight excluding hydrogens is 258 g/mol. The molecule has 1 N–H and O–H groups in total. The van der Waals surface area contributed by atoms with Crippen LogP contribution in [0.3, 0.4) is 0 Å². The number of carbonyl (C=O) groups excluding carboxylic acids is 1. The van der Waals surface area contributed by atoms with Gasteiger partial charge in [-0.05, 0) is 41.9 Å². The Bertz CT molecular complexity index is 388. The number of pyridine rings is 1. The molecule has 2 rings (SSSR count). The second kappa shape index (κ2) is 3.48. The summed E-state index contributed by atoms with van der Waals surface area (Å²) in [6.45, 7) is 4.66. The highest BCUT2D eigenvalue weighted by Gasteiger charge is 2.35. The van der Waals surface area contributed by atoms with Crippen LogP contribution in [0.5, 0.6) is 0 Å². The highest BCUT2D eigenvalue weighted by Crippen LogP contribution is 2.22. The van der Waals surface area contributed by atoms with Gasteiger partial charge in [0, 0.05) is 0 Å². The van der Waals surface area contributed by atoms with Crippen LogP contribution < -0.4 is 10.2 Å². The van der Waals surface area contributed by atoms with Crippen LogP contribution in [0.1, 0.15) is 13.8 Å². The minimum absolute atomic E-state index is 0.0656. The van der Waals surface area contributed by atoms with Gasteiger partial charge in [0.1, 0.15) is 4.60 Å². The number of aromatic nitrogens is 1. The molecule has 1 saturated heterocycles. The van der Waals surface area contributed by atoms with Crippen molar-refractivity contribution in [2.45, 2.75) is 19.4 Å². The zero-order valence-corrected chi connectivity index (χ0v) is 10.2. The number of nitrogens with zero attached hydrogens (tertiary/aromatic N) is 2. The highest BCUT2D eigenvalue weighted by atomic mass is 79.9. The van der Waals surface area contributed by atoms with Crippen LogP contribution in [0.15, 0.2) is 22.9 Å². The molecule has 0 unspecified atom stereocenters. The maximum Gasteiger partial charge on any atom is 0.322 e. The topological polar surface area (TPSA) is 45.2 Å². The molecule has 80 valence electrons. The maximum absolute atomic E-state index is 11.7. The van der Waals surface area contributed by atoms with Crippen LogP contribution >= 0.6 is 15.9 Å². The number of hydrogen-bond donors (Lipinski definition) is 1. The van der Waals surface area contributed by atoms with E-state index in [1.165, 1.54) is 0 Å². The van der Waals surface area contributed by atoms with E-state index in [1.54, 1.807) is 11.1 Å². The second-order valence-electron chi connectivity index (χ2n) is 4.24. The smallest absolute Gasteiger partial charge is 0.322 e. The van der Waals surface area contributed by atoms with Crippen molar-refractivity contribution in [1.82, 2.24) is 10.3 Å². The van der Waals surface area contributed by atoms with Crippen molar-refractivity contribution >= 4 is 27.6 Å². The molecule has 1 aromatic heterocycles. The van der Waals surface area contributed by atoms with Gasteiger partial charge in [0.15, 0.2) is 0 Å². The molecule has 1 fully saturated rings. The zero-order valence-electron chi connectivity index (χ0n) is 8.62. The summed E-state index contributed by atoms with van der Waals surface area (Å²) in [5.74, 6) is 0. The fourth-order valence-corrected chi connectivity index (χ4v) is 1.83. The van der Waals surface area contributed by atoms with Gasteiger partial charge < -0.3 is 5.32 Å². The van der Waals surface area contributed by atoms with E-state index in [0.717, 1.165) is 10.3 Å². The minimum atomic E-state index is -0.176. The lowest BCUT2D eigenvalue weighted by Crippen LogP contribution is -2.36. The normalized spacial score (nSPS) is 19.1. The van der Waals surface area contributed by atoms with Gasteiger partial charge >= 0.3 is 6.03 Å². The van der Waals surface area contributed by atoms with Gasteiger partial charge in [-0.25, -0.2) is 9.78 Å². The Labute approximate surface area is 96.8 Å². The molecule has 0 aromatic carbocycles. The number of urea groups is 1. The van der Waals surface area contributed by atoms with Gasteiger partial charge in [0.25, 0.3) is 0 Å². The number of nitrogens with one attached hydrogen (secondary N) is 1. The molecule has 1 aliphatic rings. The summed E-state index contributed by atoms with van der Waals surface area (Å²) in [4.78, 5) is 17.4. The van der Waals surface area contributed by atoms with E-state index in [1.807, 2.05) is 26.0 Å². The SMILES string of the molecule is CC1(C)CN(c2ccc(Br)nc2)C(=O)N1. The Morgan fingerprint density at radius 3 is 2.73 bits per heavy atom.